The normalized spacial score (nSPS) is 12.8. The number of carboxylic acid groups (broad SMARTS) is 1. The lowest BCUT2D eigenvalue weighted by atomic mass is 9.94. The second-order valence-electron chi connectivity index (χ2n) is 7.65. The van der Waals surface area contributed by atoms with Crippen LogP contribution in [-0.2, 0) is 16.0 Å². The molecule has 0 radical (unpaired) electrons. The van der Waals surface area contributed by atoms with E-state index in [9.17, 15) is 9.59 Å². The van der Waals surface area contributed by atoms with Gasteiger partial charge in [0.05, 0.1) is 11.0 Å². The molecule has 6 heteroatoms. The van der Waals surface area contributed by atoms with Gasteiger partial charge in [0.15, 0.2) is 0 Å². The fourth-order valence-corrected chi connectivity index (χ4v) is 3.37. The van der Waals surface area contributed by atoms with E-state index in [1.165, 1.54) is 6.92 Å². The fraction of sp³-hybridized carbons (Fsp3) is 0.292. The van der Waals surface area contributed by atoms with Crippen molar-refractivity contribution in [3.05, 3.63) is 58.4 Å². The molecular formula is C24H27N3O3. The number of aryl methyl sites for hydroxylation is 3. The van der Waals surface area contributed by atoms with Crippen molar-refractivity contribution < 1.29 is 14.7 Å². The van der Waals surface area contributed by atoms with Crippen LogP contribution in [0.3, 0.4) is 0 Å². The standard InChI is InChI=1S/C24H27N3O3/c1-6-22-26-20-8-7-17(12-21(20)27-22)19-11-13(2)18(9-14(19)3)10-15(4)23(28)25-16(5)24(29)30/h7-12,16H,6H2,1-5H3,(H,25,28)(H,26,27)(H,29,30)/t16-/m1/s1. The van der Waals surface area contributed by atoms with E-state index in [0.717, 1.165) is 51.1 Å². The van der Waals surface area contributed by atoms with Crippen LogP contribution in [0, 0.1) is 13.8 Å². The Labute approximate surface area is 176 Å². The molecule has 30 heavy (non-hydrogen) atoms. The van der Waals surface area contributed by atoms with Gasteiger partial charge in [-0.2, -0.15) is 0 Å². The molecule has 3 N–H and O–H groups in total. The lowest BCUT2D eigenvalue weighted by molar-refractivity contribution is -0.140. The summed E-state index contributed by atoms with van der Waals surface area (Å²) in [7, 11) is 0. The van der Waals surface area contributed by atoms with E-state index in [1.807, 2.05) is 19.9 Å². The van der Waals surface area contributed by atoms with Gasteiger partial charge < -0.3 is 15.4 Å². The third-order valence-electron chi connectivity index (χ3n) is 5.24. The van der Waals surface area contributed by atoms with Crippen molar-refractivity contribution in [2.45, 2.75) is 47.1 Å². The highest BCUT2D eigenvalue weighted by Gasteiger charge is 2.15. The lowest BCUT2D eigenvalue weighted by Crippen LogP contribution is -2.38. The first-order valence-corrected chi connectivity index (χ1v) is 10.0. The number of carbonyl (C=O) groups is 2. The van der Waals surface area contributed by atoms with Crippen LogP contribution in [0.15, 0.2) is 35.9 Å². The molecule has 1 heterocycles. The zero-order valence-electron chi connectivity index (χ0n) is 18.0. The number of nitrogens with one attached hydrogen (secondary N) is 2. The Hall–Kier alpha value is -3.41. The Kier molecular flexibility index (Phi) is 6.06. The molecule has 0 bridgehead atoms. The molecule has 0 unspecified atom stereocenters. The Morgan fingerprint density at radius 2 is 1.93 bits per heavy atom. The molecule has 0 spiro atoms. The number of carbonyl (C=O) groups excluding carboxylic acids is 1. The Balaban J connectivity index is 1.92. The van der Waals surface area contributed by atoms with Crippen LogP contribution in [0.4, 0.5) is 0 Å². The van der Waals surface area contributed by atoms with Crippen molar-refractivity contribution >= 4 is 29.0 Å². The van der Waals surface area contributed by atoms with Crippen molar-refractivity contribution in [1.29, 1.82) is 0 Å². The van der Waals surface area contributed by atoms with Gasteiger partial charge in [-0.15, -0.1) is 0 Å². The number of rotatable bonds is 6. The van der Waals surface area contributed by atoms with E-state index in [1.54, 1.807) is 13.0 Å². The van der Waals surface area contributed by atoms with Gasteiger partial charge in [-0.25, -0.2) is 4.98 Å². The molecule has 3 aromatic rings. The van der Waals surface area contributed by atoms with E-state index in [2.05, 4.69) is 46.5 Å². The van der Waals surface area contributed by atoms with Crippen LogP contribution in [0.1, 0.15) is 43.3 Å². The molecule has 0 aliphatic carbocycles. The maximum atomic E-state index is 12.2. The van der Waals surface area contributed by atoms with Gasteiger partial charge in [-0.05, 0) is 73.7 Å². The molecule has 6 nitrogen and oxygen atoms in total. The van der Waals surface area contributed by atoms with E-state index in [-0.39, 0.29) is 5.91 Å². The zero-order valence-corrected chi connectivity index (χ0v) is 18.0. The molecule has 0 saturated heterocycles. The van der Waals surface area contributed by atoms with Crippen LogP contribution in [0.25, 0.3) is 28.2 Å². The maximum absolute atomic E-state index is 12.2. The van der Waals surface area contributed by atoms with Crippen LogP contribution in [-0.4, -0.2) is 33.0 Å². The number of hydrogen-bond acceptors (Lipinski definition) is 3. The number of hydrogen-bond donors (Lipinski definition) is 3. The highest BCUT2D eigenvalue weighted by atomic mass is 16.4. The Bertz CT molecular complexity index is 1160. The summed E-state index contributed by atoms with van der Waals surface area (Å²) in [4.78, 5) is 31.1. The first-order valence-electron chi connectivity index (χ1n) is 10.0. The van der Waals surface area contributed by atoms with E-state index < -0.39 is 12.0 Å². The number of H-pyrrole nitrogens is 1. The summed E-state index contributed by atoms with van der Waals surface area (Å²) in [5, 5.41) is 11.4. The number of carboxylic acids is 1. The molecule has 0 aliphatic rings. The van der Waals surface area contributed by atoms with Gasteiger partial charge in [0.25, 0.3) is 0 Å². The topological polar surface area (TPSA) is 95.1 Å². The van der Waals surface area contributed by atoms with Crippen LogP contribution in [0.2, 0.25) is 0 Å². The predicted molar refractivity (Wildman–Crippen MR) is 119 cm³/mol. The molecule has 2 aromatic carbocycles. The maximum Gasteiger partial charge on any atom is 0.325 e. The average Bonchev–Trinajstić information content (AvgIpc) is 3.12. The highest BCUT2D eigenvalue weighted by Crippen LogP contribution is 2.29. The minimum atomic E-state index is -1.06. The van der Waals surface area contributed by atoms with Gasteiger partial charge in [0.1, 0.15) is 11.9 Å². The van der Waals surface area contributed by atoms with Crippen molar-refractivity contribution in [3.8, 4) is 11.1 Å². The molecule has 0 saturated carbocycles. The predicted octanol–water partition coefficient (Wildman–Crippen LogP) is 4.40. The zero-order chi connectivity index (χ0) is 22.0. The summed E-state index contributed by atoms with van der Waals surface area (Å²) in [6, 6.07) is 9.45. The monoisotopic (exact) mass is 405 g/mol. The summed E-state index contributed by atoms with van der Waals surface area (Å²) in [6.45, 7) is 9.25. The first-order chi connectivity index (χ1) is 14.2. The minimum absolute atomic E-state index is 0.387. The van der Waals surface area contributed by atoms with E-state index >= 15 is 0 Å². The van der Waals surface area contributed by atoms with Gasteiger partial charge in [0, 0.05) is 12.0 Å². The number of fused-ring (bicyclic) bond motifs is 1. The van der Waals surface area contributed by atoms with E-state index in [0.29, 0.717) is 5.57 Å². The van der Waals surface area contributed by atoms with Gasteiger partial charge in [-0.1, -0.05) is 25.1 Å². The van der Waals surface area contributed by atoms with Crippen molar-refractivity contribution in [3.63, 3.8) is 0 Å². The van der Waals surface area contributed by atoms with Crippen LogP contribution in [0.5, 0.6) is 0 Å². The fourth-order valence-electron chi connectivity index (χ4n) is 3.37. The number of aliphatic carboxylic acids is 1. The van der Waals surface area contributed by atoms with Gasteiger partial charge in [-0.3, -0.25) is 9.59 Å². The third kappa shape index (κ3) is 4.43. The van der Waals surface area contributed by atoms with Crippen LogP contribution < -0.4 is 5.32 Å². The summed E-state index contributed by atoms with van der Waals surface area (Å²) in [5.74, 6) is -0.475. The molecule has 0 fully saturated rings. The second kappa shape index (κ2) is 8.53. The molecule has 1 amide bonds. The Morgan fingerprint density at radius 1 is 1.20 bits per heavy atom. The molecular weight excluding hydrogens is 378 g/mol. The molecule has 0 aliphatic heterocycles. The summed E-state index contributed by atoms with van der Waals surface area (Å²) in [5.41, 5.74) is 7.73. The number of nitrogens with zero attached hydrogens (tertiary/aromatic N) is 1. The molecule has 156 valence electrons. The number of amides is 1. The SMILES string of the molecule is CCc1nc2ccc(-c3cc(C)c(C=C(C)C(=O)N[C@H](C)C(=O)O)cc3C)cc2[nH]1. The van der Waals surface area contributed by atoms with Gasteiger partial charge >= 0.3 is 5.97 Å². The largest absolute Gasteiger partial charge is 0.480 e. The van der Waals surface area contributed by atoms with E-state index in [4.69, 9.17) is 5.11 Å². The van der Waals surface area contributed by atoms with Crippen molar-refractivity contribution in [2.24, 2.45) is 0 Å². The summed E-state index contributed by atoms with van der Waals surface area (Å²) in [6.07, 6.45) is 2.66. The van der Waals surface area contributed by atoms with Gasteiger partial charge in [0.2, 0.25) is 5.91 Å². The number of aromatic nitrogens is 2. The summed E-state index contributed by atoms with van der Waals surface area (Å²) >= 11 is 0. The van der Waals surface area contributed by atoms with Crippen molar-refractivity contribution in [2.75, 3.05) is 0 Å². The lowest BCUT2D eigenvalue weighted by Gasteiger charge is -2.13. The molecule has 3 rings (SSSR count). The highest BCUT2D eigenvalue weighted by molar-refractivity contribution is 5.99. The molecule has 1 atom stereocenters. The third-order valence-corrected chi connectivity index (χ3v) is 5.24. The number of aromatic amines is 1. The Morgan fingerprint density at radius 3 is 2.60 bits per heavy atom. The smallest absolute Gasteiger partial charge is 0.325 e. The first kappa shape index (κ1) is 21.3. The quantitative estimate of drug-likeness (QED) is 0.530. The average molecular weight is 405 g/mol. The number of benzene rings is 2. The number of imidazole rings is 1. The molecule has 1 aromatic heterocycles. The van der Waals surface area contributed by atoms with Crippen LogP contribution >= 0.6 is 0 Å². The minimum Gasteiger partial charge on any atom is -0.480 e. The summed E-state index contributed by atoms with van der Waals surface area (Å²) < 4.78 is 0. The second-order valence-corrected chi connectivity index (χ2v) is 7.65. The van der Waals surface area contributed by atoms with Crippen molar-refractivity contribution in [1.82, 2.24) is 15.3 Å².